The third kappa shape index (κ3) is 4.27. The Bertz CT molecular complexity index is 879. The van der Waals surface area contributed by atoms with Crippen LogP contribution in [0.25, 0.3) is 0 Å². The average Bonchev–Trinajstić information content (AvgIpc) is 2.64. The van der Waals surface area contributed by atoms with Gasteiger partial charge in [-0.25, -0.2) is 8.42 Å². The standard InChI is InChI=1S/C18H21N3O4S/c1-14-2-3-16(20-18(22)13-15-4-6-19-7-5-15)17(12-14)26(23,24)21-8-10-25-11-9-21/h2-7,12H,8-11,13H2,1H3,(H,20,22). The van der Waals surface area contributed by atoms with Crippen molar-refractivity contribution in [3.05, 3.63) is 53.9 Å². The number of benzene rings is 1. The van der Waals surface area contributed by atoms with E-state index in [4.69, 9.17) is 4.74 Å². The molecule has 0 radical (unpaired) electrons. The summed E-state index contributed by atoms with van der Waals surface area (Å²) in [4.78, 5) is 16.4. The molecule has 7 nitrogen and oxygen atoms in total. The van der Waals surface area contributed by atoms with Crippen LogP contribution >= 0.6 is 0 Å². The van der Waals surface area contributed by atoms with Crippen molar-refractivity contribution in [2.45, 2.75) is 18.2 Å². The summed E-state index contributed by atoms with van der Waals surface area (Å²) in [5.41, 5.74) is 1.91. The maximum Gasteiger partial charge on any atom is 0.245 e. The number of pyridine rings is 1. The minimum absolute atomic E-state index is 0.113. The van der Waals surface area contributed by atoms with Crippen LogP contribution < -0.4 is 5.32 Å². The van der Waals surface area contributed by atoms with Gasteiger partial charge in [0.1, 0.15) is 4.90 Å². The van der Waals surface area contributed by atoms with E-state index in [2.05, 4.69) is 10.3 Å². The summed E-state index contributed by atoms with van der Waals surface area (Å²) >= 11 is 0. The number of sulfonamides is 1. The molecule has 0 spiro atoms. The Kier molecular flexibility index (Phi) is 5.65. The fourth-order valence-corrected chi connectivity index (χ4v) is 4.39. The minimum Gasteiger partial charge on any atom is -0.379 e. The number of hydrogen-bond acceptors (Lipinski definition) is 5. The topological polar surface area (TPSA) is 88.6 Å². The molecule has 1 aliphatic heterocycles. The highest BCUT2D eigenvalue weighted by atomic mass is 32.2. The van der Waals surface area contributed by atoms with Crippen LogP contribution in [-0.2, 0) is 26.0 Å². The van der Waals surface area contributed by atoms with Gasteiger partial charge in [-0.15, -0.1) is 0 Å². The molecule has 2 aromatic rings. The number of morpholine rings is 1. The number of hydrogen-bond donors (Lipinski definition) is 1. The molecule has 3 rings (SSSR count). The average molecular weight is 375 g/mol. The minimum atomic E-state index is -3.71. The lowest BCUT2D eigenvalue weighted by Gasteiger charge is -2.27. The molecule has 1 N–H and O–H groups in total. The molecule has 1 aromatic carbocycles. The number of anilines is 1. The summed E-state index contributed by atoms with van der Waals surface area (Å²) in [6.45, 7) is 3.17. The zero-order valence-corrected chi connectivity index (χ0v) is 15.3. The molecule has 1 saturated heterocycles. The van der Waals surface area contributed by atoms with Gasteiger partial charge in [0.2, 0.25) is 15.9 Å². The quantitative estimate of drug-likeness (QED) is 0.857. The second-order valence-corrected chi connectivity index (χ2v) is 8.00. The zero-order valence-electron chi connectivity index (χ0n) is 14.5. The van der Waals surface area contributed by atoms with Gasteiger partial charge >= 0.3 is 0 Å². The van der Waals surface area contributed by atoms with E-state index in [-0.39, 0.29) is 17.2 Å². The number of ether oxygens (including phenoxy) is 1. The Morgan fingerprint density at radius 3 is 2.58 bits per heavy atom. The second-order valence-electron chi connectivity index (χ2n) is 6.10. The molecule has 26 heavy (non-hydrogen) atoms. The van der Waals surface area contributed by atoms with Crippen molar-refractivity contribution in [2.24, 2.45) is 0 Å². The second kappa shape index (κ2) is 7.94. The number of nitrogens with one attached hydrogen (secondary N) is 1. The third-order valence-corrected chi connectivity index (χ3v) is 6.05. The van der Waals surface area contributed by atoms with Gasteiger partial charge in [0.05, 0.1) is 25.3 Å². The van der Waals surface area contributed by atoms with Crippen LogP contribution in [0.4, 0.5) is 5.69 Å². The van der Waals surface area contributed by atoms with Crippen LogP contribution in [0.3, 0.4) is 0 Å². The van der Waals surface area contributed by atoms with Crippen molar-refractivity contribution in [3.8, 4) is 0 Å². The molecular weight excluding hydrogens is 354 g/mol. The predicted octanol–water partition coefficient (Wildman–Crippen LogP) is 1.59. The van der Waals surface area contributed by atoms with E-state index >= 15 is 0 Å². The van der Waals surface area contributed by atoms with Gasteiger partial charge in [-0.1, -0.05) is 6.07 Å². The zero-order chi connectivity index (χ0) is 18.6. The van der Waals surface area contributed by atoms with Crippen LogP contribution in [0.1, 0.15) is 11.1 Å². The van der Waals surface area contributed by atoms with E-state index in [1.54, 1.807) is 42.7 Å². The highest BCUT2D eigenvalue weighted by Crippen LogP contribution is 2.26. The van der Waals surface area contributed by atoms with E-state index in [1.807, 2.05) is 6.92 Å². The predicted molar refractivity (Wildman–Crippen MR) is 97.3 cm³/mol. The number of aromatic nitrogens is 1. The Hall–Kier alpha value is -2.29. The smallest absolute Gasteiger partial charge is 0.245 e. The van der Waals surface area contributed by atoms with E-state index < -0.39 is 10.0 Å². The van der Waals surface area contributed by atoms with Crippen LogP contribution in [-0.4, -0.2) is 49.9 Å². The summed E-state index contributed by atoms with van der Waals surface area (Å²) in [6.07, 6.45) is 3.37. The summed E-state index contributed by atoms with van der Waals surface area (Å²) in [6, 6.07) is 8.50. The van der Waals surface area contributed by atoms with Gasteiger partial charge in [0.25, 0.3) is 0 Å². The Labute approximate surface area is 153 Å². The summed E-state index contributed by atoms with van der Waals surface area (Å²) in [5, 5.41) is 2.74. The molecule has 0 unspecified atom stereocenters. The lowest BCUT2D eigenvalue weighted by atomic mass is 10.2. The van der Waals surface area contributed by atoms with Crippen LogP contribution in [0.2, 0.25) is 0 Å². The third-order valence-electron chi connectivity index (χ3n) is 4.11. The molecule has 1 amide bonds. The fraction of sp³-hybridized carbons (Fsp3) is 0.333. The maximum atomic E-state index is 13.0. The highest BCUT2D eigenvalue weighted by molar-refractivity contribution is 7.89. The maximum absolute atomic E-state index is 13.0. The van der Waals surface area contributed by atoms with Gasteiger partial charge < -0.3 is 10.1 Å². The number of carbonyl (C=O) groups is 1. The summed E-state index contributed by atoms with van der Waals surface area (Å²) in [5.74, 6) is -0.279. The largest absolute Gasteiger partial charge is 0.379 e. The monoisotopic (exact) mass is 375 g/mol. The van der Waals surface area contributed by atoms with E-state index in [0.717, 1.165) is 11.1 Å². The van der Waals surface area contributed by atoms with Crippen molar-refractivity contribution in [1.82, 2.24) is 9.29 Å². The molecule has 0 aliphatic carbocycles. The van der Waals surface area contributed by atoms with E-state index in [0.29, 0.717) is 32.0 Å². The number of carbonyl (C=O) groups excluding carboxylic acids is 1. The van der Waals surface area contributed by atoms with Crippen molar-refractivity contribution in [1.29, 1.82) is 0 Å². The SMILES string of the molecule is Cc1ccc(NC(=O)Cc2ccncc2)c(S(=O)(=O)N2CCOCC2)c1. The fourth-order valence-electron chi connectivity index (χ4n) is 2.75. The first-order valence-electron chi connectivity index (χ1n) is 8.34. The van der Waals surface area contributed by atoms with Gasteiger partial charge in [0, 0.05) is 25.5 Å². The molecule has 1 aliphatic rings. The Morgan fingerprint density at radius 1 is 1.19 bits per heavy atom. The lowest BCUT2D eigenvalue weighted by molar-refractivity contribution is -0.115. The van der Waals surface area contributed by atoms with Crippen LogP contribution in [0.15, 0.2) is 47.6 Å². The van der Waals surface area contributed by atoms with Crippen molar-refractivity contribution in [2.75, 3.05) is 31.6 Å². The molecule has 1 fully saturated rings. The van der Waals surface area contributed by atoms with Crippen molar-refractivity contribution < 1.29 is 17.9 Å². The molecule has 2 heterocycles. The first-order chi connectivity index (χ1) is 12.5. The number of aryl methyl sites for hydroxylation is 1. The van der Waals surface area contributed by atoms with Crippen LogP contribution in [0.5, 0.6) is 0 Å². The van der Waals surface area contributed by atoms with E-state index in [9.17, 15) is 13.2 Å². The van der Waals surface area contributed by atoms with E-state index in [1.165, 1.54) is 4.31 Å². The number of amides is 1. The van der Waals surface area contributed by atoms with Crippen LogP contribution in [0, 0.1) is 6.92 Å². The molecule has 0 bridgehead atoms. The lowest BCUT2D eigenvalue weighted by Crippen LogP contribution is -2.41. The van der Waals surface area contributed by atoms with Gasteiger partial charge in [-0.3, -0.25) is 9.78 Å². The van der Waals surface area contributed by atoms with Crippen molar-refractivity contribution >= 4 is 21.6 Å². The number of rotatable bonds is 5. The van der Waals surface area contributed by atoms with Gasteiger partial charge in [0.15, 0.2) is 0 Å². The highest BCUT2D eigenvalue weighted by Gasteiger charge is 2.29. The molecule has 1 aromatic heterocycles. The molecule has 0 saturated carbocycles. The first-order valence-corrected chi connectivity index (χ1v) is 9.78. The normalized spacial score (nSPS) is 15.6. The summed E-state index contributed by atoms with van der Waals surface area (Å²) < 4.78 is 32.6. The molecule has 138 valence electrons. The van der Waals surface area contributed by atoms with Gasteiger partial charge in [-0.2, -0.15) is 4.31 Å². The summed E-state index contributed by atoms with van der Waals surface area (Å²) in [7, 11) is -3.71. The number of nitrogens with zero attached hydrogens (tertiary/aromatic N) is 2. The Balaban J connectivity index is 1.85. The van der Waals surface area contributed by atoms with Crippen molar-refractivity contribution in [3.63, 3.8) is 0 Å². The Morgan fingerprint density at radius 2 is 1.88 bits per heavy atom. The molecule has 8 heteroatoms. The first kappa shape index (κ1) is 18.5. The molecular formula is C18H21N3O4S. The molecule has 0 atom stereocenters. The van der Waals surface area contributed by atoms with Gasteiger partial charge in [-0.05, 0) is 42.3 Å².